The molecule has 0 unspecified atom stereocenters. The Bertz CT molecular complexity index is 380. The molecule has 4 nitrogen and oxygen atoms in total. The van der Waals surface area contributed by atoms with Crippen molar-refractivity contribution >= 4 is 0 Å². The fourth-order valence-corrected chi connectivity index (χ4v) is 1.80. The van der Waals surface area contributed by atoms with E-state index in [1.807, 2.05) is 26.8 Å². The first-order valence-corrected chi connectivity index (χ1v) is 7.43. The minimum atomic E-state index is -0.108. The van der Waals surface area contributed by atoms with Crippen LogP contribution in [-0.2, 0) is 22.6 Å². The second-order valence-electron chi connectivity index (χ2n) is 6.01. The largest absolute Gasteiger partial charge is 0.462 e. The topological polar surface area (TPSA) is 43.6 Å². The van der Waals surface area contributed by atoms with Gasteiger partial charge in [-0.1, -0.05) is 6.92 Å². The van der Waals surface area contributed by atoms with Crippen LogP contribution in [0.1, 0.15) is 51.2 Å². The molecule has 0 radical (unpaired) electrons. The van der Waals surface area contributed by atoms with Crippen molar-refractivity contribution in [1.82, 2.24) is 5.32 Å². The van der Waals surface area contributed by atoms with Gasteiger partial charge < -0.3 is 19.2 Å². The van der Waals surface area contributed by atoms with Crippen molar-refractivity contribution < 1.29 is 13.9 Å². The Labute approximate surface area is 122 Å². The molecule has 0 aliphatic heterocycles. The molecule has 0 saturated heterocycles. The summed E-state index contributed by atoms with van der Waals surface area (Å²) < 4.78 is 16.9. The normalized spacial score (nSPS) is 12.1. The van der Waals surface area contributed by atoms with Crippen molar-refractivity contribution in [3.8, 4) is 0 Å². The van der Waals surface area contributed by atoms with Gasteiger partial charge in [0.1, 0.15) is 18.1 Å². The molecule has 0 aromatic carbocycles. The third kappa shape index (κ3) is 7.08. The van der Waals surface area contributed by atoms with E-state index in [1.165, 1.54) is 5.56 Å². The van der Waals surface area contributed by atoms with E-state index in [4.69, 9.17) is 13.9 Å². The van der Waals surface area contributed by atoms with E-state index in [-0.39, 0.29) is 5.60 Å². The first-order valence-electron chi connectivity index (χ1n) is 7.43. The molecule has 0 amide bonds. The van der Waals surface area contributed by atoms with Gasteiger partial charge in [0.05, 0.1) is 25.4 Å². The maximum atomic E-state index is 5.78. The smallest absolute Gasteiger partial charge is 0.130 e. The lowest BCUT2D eigenvalue weighted by Gasteiger charge is -2.19. The molecule has 116 valence electrons. The zero-order valence-corrected chi connectivity index (χ0v) is 13.5. The van der Waals surface area contributed by atoms with Crippen LogP contribution in [0.4, 0.5) is 0 Å². The van der Waals surface area contributed by atoms with E-state index < -0.39 is 0 Å². The van der Waals surface area contributed by atoms with E-state index in [2.05, 4.69) is 19.2 Å². The van der Waals surface area contributed by atoms with Crippen LogP contribution in [0.25, 0.3) is 0 Å². The average Bonchev–Trinajstić information content (AvgIpc) is 2.69. The molecule has 1 aromatic heterocycles. The fourth-order valence-electron chi connectivity index (χ4n) is 1.80. The second-order valence-corrected chi connectivity index (χ2v) is 6.01. The predicted molar refractivity (Wildman–Crippen MR) is 80.8 cm³/mol. The van der Waals surface area contributed by atoms with Crippen LogP contribution in [0.5, 0.6) is 0 Å². The summed E-state index contributed by atoms with van der Waals surface area (Å²) in [6, 6.07) is 2.05. The molecule has 0 aliphatic carbocycles. The van der Waals surface area contributed by atoms with Crippen molar-refractivity contribution in [2.45, 2.75) is 59.8 Å². The number of ether oxygens (including phenoxy) is 2. The molecule has 4 heteroatoms. The van der Waals surface area contributed by atoms with Gasteiger partial charge in [0, 0.05) is 0 Å². The van der Waals surface area contributed by atoms with Gasteiger partial charge in [-0.3, -0.25) is 0 Å². The summed E-state index contributed by atoms with van der Waals surface area (Å²) >= 11 is 0. The summed E-state index contributed by atoms with van der Waals surface area (Å²) in [5.41, 5.74) is 1.07. The monoisotopic (exact) mass is 283 g/mol. The number of hydrogen-bond donors (Lipinski definition) is 1. The zero-order chi connectivity index (χ0) is 15.0. The number of aryl methyl sites for hydroxylation is 1. The molecule has 1 aromatic rings. The maximum absolute atomic E-state index is 5.78. The van der Waals surface area contributed by atoms with Crippen molar-refractivity contribution in [3.05, 3.63) is 23.2 Å². The molecule has 1 heterocycles. The maximum Gasteiger partial charge on any atom is 0.130 e. The van der Waals surface area contributed by atoms with Crippen LogP contribution >= 0.6 is 0 Å². The van der Waals surface area contributed by atoms with Gasteiger partial charge in [-0.2, -0.15) is 0 Å². The van der Waals surface area contributed by atoms with Gasteiger partial charge in [-0.15, -0.1) is 0 Å². The molecular weight excluding hydrogens is 254 g/mol. The zero-order valence-electron chi connectivity index (χ0n) is 13.5. The highest BCUT2D eigenvalue weighted by Gasteiger charge is 2.10. The Hall–Kier alpha value is -0.840. The van der Waals surface area contributed by atoms with Crippen LogP contribution in [0.3, 0.4) is 0 Å². The van der Waals surface area contributed by atoms with Crippen LogP contribution in [0, 0.1) is 6.92 Å². The molecule has 20 heavy (non-hydrogen) atoms. The number of nitrogens with one attached hydrogen (secondary N) is 1. The lowest BCUT2D eigenvalue weighted by atomic mass is 10.2. The first kappa shape index (κ1) is 17.2. The Balaban J connectivity index is 2.25. The van der Waals surface area contributed by atoms with E-state index in [0.717, 1.165) is 31.0 Å². The number of furan rings is 1. The minimum Gasteiger partial charge on any atom is -0.462 e. The molecule has 0 bridgehead atoms. The average molecular weight is 283 g/mol. The molecule has 0 spiro atoms. The van der Waals surface area contributed by atoms with Crippen molar-refractivity contribution in [3.63, 3.8) is 0 Å². The standard InChI is InChI=1S/C16H29NO3/c1-6-7-17-11-15-13(2)10-14(20-15)12-18-8-9-19-16(3,4)5/h10,17H,6-9,11-12H2,1-5H3. The predicted octanol–water partition coefficient (Wildman–Crippen LogP) is 3.42. The molecule has 0 fully saturated rings. The Morgan fingerprint density at radius 3 is 2.65 bits per heavy atom. The molecule has 0 aliphatic rings. The van der Waals surface area contributed by atoms with E-state index >= 15 is 0 Å². The van der Waals surface area contributed by atoms with Gasteiger partial charge in [-0.05, 0) is 52.3 Å². The van der Waals surface area contributed by atoms with Crippen molar-refractivity contribution in [2.75, 3.05) is 19.8 Å². The van der Waals surface area contributed by atoms with Gasteiger partial charge in [0.2, 0.25) is 0 Å². The van der Waals surface area contributed by atoms with Gasteiger partial charge in [0.25, 0.3) is 0 Å². The molecule has 1 rings (SSSR count). The summed E-state index contributed by atoms with van der Waals surface area (Å²) in [7, 11) is 0. The van der Waals surface area contributed by atoms with E-state index in [9.17, 15) is 0 Å². The Morgan fingerprint density at radius 1 is 1.25 bits per heavy atom. The molecule has 1 N–H and O–H groups in total. The van der Waals surface area contributed by atoms with Crippen LogP contribution in [0.2, 0.25) is 0 Å². The van der Waals surface area contributed by atoms with Crippen LogP contribution < -0.4 is 5.32 Å². The third-order valence-corrected chi connectivity index (χ3v) is 2.79. The van der Waals surface area contributed by atoms with Gasteiger partial charge in [0.15, 0.2) is 0 Å². The summed E-state index contributed by atoms with van der Waals surface area (Å²) in [4.78, 5) is 0. The number of rotatable bonds is 9. The van der Waals surface area contributed by atoms with Gasteiger partial charge in [-0.25, -0.2) is 0 Å². The Kier molecular flexibility index (Phi) is 7.27. The Morgan fingerprint density at radius 2 is 2.00 bits per heavy atom. The SMILES string of the molecule is CCCNCc1oc(COCCOC(C)(C)C)cc1C. The first-order chi connectivity index (χ1) is 9.42. The van der Waals surface area contributed by atoms with Crippen LogP contribution in [-0.4, -0.2) is 25.4 Å². The lowest BCUT2D eigenvalue weighted by molar-refractivity contribution is -0.0395. The van der Waals surface area contributed by atoms with E-state index in [0.29, 0.717) is 19.8 Å². The van der Waals surface area contributed by atoms with Gasteiger partial charge >= 0.3 is 0 Å². The van der Waals surface area contributed by atoms with Crippen LogP contribution in [0.15, 0.2) is 10.5 Å². The molecule has 0 saturated carbocycles. The quantitative estimate of drug-likeness (QED) is 0.705. The summed E-state index contributed by atoms with van der Waals surface area (Å²) in [6.45, 7) is 13.8. The lowest BCUT2D eigenvalue weighted by Crippen LogP contribution is -2.21. The highest BCUT2D eigenvalue weighted by Crippen LogP contribution is 2.15. The van der Waals surface area contributed by atoms with Crippen molar-refractivity contribution in [2.24, 2.45) is 0 Å². The highest BCUT2D eigenvalue weighted by atomic mass is 16.5. The van der Waals surface area contributed by atoms with Crippen molar-refractivity contribution in [1.29, 1.82) is 0 Å². The summed E-state index contributed by atoms with van der Waals surface area (Å²) in [5, 5.41) is 3.34. The molecular formula is C16H29NO3. The summed E-state index contributed by atoms with van der Waals surface area (Å²) in [6.07, 6.45) is 1.13. The number of hydrogen-bond acceptors (Lipinski definition) is 4. The highest BCUT2D eigenvalue weighted by molar-refractivity contribution is 5.19. The second kappa shape index (κ2) is 8.45. The fraction of sp³-hybridized carbons (Fsp3) is 0.750. The van der Waals surface area contributed by atoms with E-state index in [1.54, 1.807) is 0 Å². The summed E-state index contributed by atoms with van der Waals surface area (Å²) in [5.74, 6) is 1.88. The third-order valence-electron chi connectivity index (χ3n) is 2.79. The molecule has 0 atom stereocenters. The minimum absolute atomic E-state index is 0.108.